The molecule has 1 aromatic carbocycles. The van der Waals surface area contributed by atoms with Crippen LogP contribution in [0.1, 0.15) is 19.4 Å². The summed E-state index contributed by atoms with van der Waals surface area (Å²) in [6, 6.07) is 3.55. The highest BCUT2D eigenvalue weighted by Crippen LogP contribution is 2.24. The number of esters is 1. The van der Waals surface area contributed by atoms with Gasteiger partial charge in [0.2, 0.25) is 0 Å². The topological polar surface area (TPSA) is 94.2 Å². The molecule has 1 rings (SSSR count). The third kappa shape index (κ3) is 4.13. The zero-order valence-corrected chi connectivity index (χ0v) is 11.0. The highest BCUT2D eigenvalue weighted by molar-refractivity contribution is 5.75. The first-order valence-corrected chi connectivity index (χ1v) is 5.78. The Labute approximate surface area is 110 Å². The lowest BCUT2D eigenvalue weighted by atomic mass is 10.2. The number of carbonyl (C=O) groups excluding carboxylic acids is 1. The fourth-order valence-electron chi connectivity index (χ4n) is 1.32. The van der Waals surface area contributed by atoms with Crippen LogP contribution in [0.5, 0.6) is 0 Å². The maximum Gasteiger partial charge on any atom is 0.332 e. The molecular weight excluding hydrogens is 250 g/mol. The maximum atomic E-state index is 11.3. The van der Waals surface area contributed by atoms with Crippen molar-refractivity contribution in [1.82, 2.24) is 0 Å². The van der Waals surface area contributed by atoms with Gasteiger partial charge in [-0.05, 0) is 32.4 Å². The molecule has 0 saturated carbocycles. The number of aryl methyl sites for hydroxylation is 1. The summed E-state index contributed by atoms with van der Waals surface area (Å²) in [4.78, 5) is 21.4. The predicted octanol–water partition coefficient (Wildman–Crippen LogP) is 2.94. The third-order valence-electron chi connectivity index (χ3n) is 2.36. The minimum absolute atomic E-state index is 0.00473. The molecular formula is C12H15N3O4. The first-order valence-electron chi connectivity index (χ1n) is 5.78. The number of azo groups is 1. The summed E-state index contributed by atoms with van der Waals surface area (Å²) in [5.74, 6) is -0.453. The summed E-state index contributed by atoms with van der Waals surface area (Å²) >= 11 is 0. The standard InChI is InChI=1S/C12H15N3O4/c1-4-19-12(16)9(3)13-14-11-6-5-10(15(17)18)7-8(11)2/h5-7,9H,4H2,1-3H3. The van der Waals surface area contributed by atoms with Crippen molar-refractivity contribution >= 4 is 17.3 Å². The smallest absolute Gasteiger partial charge is 0.332 e. The molecule has 0 bridgehead atoms. The molecule has 0 heterocycles. The summed E-state index contributed by atoms with van der Waals surface area (Å²) < 4.78 is 4.79. The van der Waals surface area contributed by atoms with E-state index in [0.717, 1.165) is 0 Å². The van der Waals surface area contributed by atoms with Gasteiger partial charge in [-0.1, -0.05) is 0 Å². The van der Waals surface area contributed by atoms with Crippen LogP contribution in [-0.4, -0.2) is 23.5 Å². The van der Waals surface area contributed by atoms with Crippen LogP contribution in [0, 0.1) is 17.0 Å². The van der Waals surface area contributed by atoms with Crippen molar-refractivity contribution in [3.05, 3.63) is 33.9 Å². The van der Waals surface area contributed by atoms with E-state index in [4.69, 9.17) is 4.74 Å². The molecule has 0 saturated heterocycles. The van der Waals surface area contributed by atoms with E-state index < -0.39 is 16.9 Å². The van der Waals surface area contributed by atoms with E-state index in [1.165, 1.54) is 18.2 Å². The maximum absolute atomic E-state index is 11.3. The molecule has 0 aromatic heterocycles. The number of non-ortho nitro benzene ring substituents is 1. The number of hydrogen-bond donors (Lipinski definition) is 0. The van der Waals surface area contributed by atoms with Gasteiger partial charge in [-0.2, -0.15) is 10.2 Å². The van der Waals surface area contributed by atoms with Gasteiger partial charge >= 0.3 is 5.97 Å². The van der Waals surface area contributed by atoms with Crippen LogP contribution in [0.2, 0.25) is 0 Å². The number of nitro benzene ring substituents is 1. The lowest BCUT2D eigenvalue weighted by Crippen LogP contribution is -2.17. The van der Waals surface area contributed by atoms with Crippen molar-refractivity contribution in [2.24, 2.45) is 10.2 Å². The molecule has 19 heavy (non-hydrogen) atoms. The van der Waals surface area contributed by atoms with E-state index in [2.05, 4.69) is 10.2 Å². The second-order valence-corrected chi connectivity index (χ2v) is 3.87. The second-order valence-electron chi connectivity index (χ2n) is 3.87. The molecule has 0 N–H and O–H groups in total. The zero-order valence-electron chi connectivity index (χ0n) is 11.0. The third-order valence-corrected chi connectivity index (χ3v) is 2.36. The molecule has 7 heteroatoms. The molecule has 0 aliphatic heterocycles. The minimum atomic E-state index is -0.699. The fourth-order valence-corrected chi connectivity index (χ4v) is 1.32. The average Bonchev–Trinajstić information content (AvgIpc) is 2.36. The van der Waals surface area contributed by atoms with Gasteiger partial charge in [0.15, 0.2) is 6.04 Å². The van der Waals surface area contributed by atoms with Crippen molar-refractivity contribution in [2.75, 3.05) is 6.61 Å². The number of benzene rings is 1. The van der Waals surface area contributed by atoms with Crippen LogP contribution in [0.4, 0.5) is 11.4 Å². The van der Waals surface area contributed by atoms with E-state index in [9.17, 15) is 14.9 Å². The van der Waals surface area contributed by atoms with Crippen LogP contribution in [0.3, 0.4) is 0 Å². The molecule has 0 radical (unpaired) electrons. The van der Waals surface area contributed by atoms with Crippen molar-refractivity contribution in [3.63, 3.8) is 0 Å². The quantitative estimate of drug-likeness (QED) is 0.354. The Morgan fingerprint density at radius 3 is 2.74 bits per heavy atom. The Morgan fingerprint density at radius 1 is 1.53 bits per heavy atom. The minimum Gasteiger partial charge on any atom is -0.464 e. The Hall–Kier alpha value is -2.31. The van der Waals surface area contributed by atoms with Crippen molar-refractivity contribution < 1.29 is 14.5 Å². The van der Waals surface area contributed by atoms with E-state index in [0.29, 0.717) is 11.3 Å². The van der Waals surface area contributed by atoms with Gasteiger partial charge in [0.1, 0.15) is 0 Å². The Morgan fingerprint density at radius 2 is 2.21 bits per heavy atom. The lowest BCUT2D eigenvalue weighted by molar-refractivity contribution is -0.384. The highest BCUT2D eigenvalue weighted by Gasteiger charge is 2.13. The van der Waals surface area contributed by atoms with Crippen LogP contribution in [0.25, 0.3) is 0 Å². The number of hydrogen-bond acceptors (Lipinski definition) is 6. The highest BCUT2D eigenvalue weighted by atomic mass is 16.6. The molecule has 0 spiro atoms. The fraction of sp³-hybridized carbons (Fsp3) is 0.417. The van der Waals surface area contributed by atoms with Crippen LogP contribution in [-0.2, 0) is 9.53 Å². The lowest BCUT2D eigenvalue weighted by Gasteiger charge is -2.04. The van der Waals surface area contributed by atoms with Crippen molar-refractivity contribution in [2.45, 2.75) is 26.8 Å². The van der Waals surface area contributed by atoms with E-state index >= 15 is 0 Å². The number of carbonyl (C=O) groups is 1. The summed E-state index contributed by atoms with van der Waals surface area (Å²) in [5, 5.41) is 18.3. The predicted molar refractivity (Wildman–Crippen MR) is 68.4 cm³/mol. The number of rotatable bonds is 5. The van der Waals surface area contributed by atoms with Crippen molar-refractivity contribution in [1.29, 1.82) is 0 Å². The summed E-state index contributed by atoms with van der Waals surface area (Å²) in [7, 11) is 0. The van der Waals surface area contributed by atoms with Gasteiger partial charge in [-0.15, -0.1) is 0 Å². The van der Waals surface area contributed by atoms with E-state index in [1.54, 1.807) is 20.8 Å². The van der Waals surface area contributed by atoms with Crippen LogP contribution >= 0.6 is 0 Å². The van der Waals surface area contributed by atoms with Gasteiger partial charge in [0, 0.05) is 12.1 Å². The number of ether oxygens (including phenoxy) is 1. The monoisotopic (exact) mass is 265 g/mol. The van der Waals surface area contributed by atoms with Gasteiger partial charge in [0.25, 0.3) is 5.69 Å². The van der Waals surface area contributed by atoms with Gasteiger partial charge in [-0.25, -0.2) is 4.79 Å². The Balaban J connectivity index is 2.82. The molecule has 0 amide bonds. The molecule has 102 valence electrons. The van der Waals surface area contributed by atoms with E-state index in [1.807, 2.05) is 0 Å². The first-order chi connectivity index (χ1) is 8.95. The van der Waals surface area contributed by atoms with Gasteiger partial charge in [0.05, 0.1) is 17.2 Å². The Bertz CT molecular complexity index is 514. The molecule has 0 fully saturated rings. The SMILES string of the molecule is CCOC(=O)C(C)N=Nc1ccc([N+](=O)[O-])cc1C. The molecule has 7 nitrogen and oxygen atoms in total. The second kappa shape index (κ2) is 6.58. The molecule has 1 aromatic rings. The molecule has 0 aliphatic carbocycles. The molecule has 1 atom stereocenters. The normalized spacial score (nSPS) is 12.4. The van der Waals surface area contributed by atoms with E-state index in [-0.39, 0.29) is 12.3 Å². The van der Waals surface area contributed by atoms with Crippen LogP contribution in [0.15, 0.2) is 28.4 Å². The summed E-state index contributed by atoms with van der Waals surface area (Å²) in [6.07, 6.45) is 0. The molecule has 0 aliphatic rings. The summed E-state index contributed by atoms with van der Waals surface area (Å²) in [6.45, 7) is 5.26. The Kier molecular flexibility index (Phi) is 5.11. The average molecular weight is 265 g/mol. The van der Waals surface area contributed by atoms with Crippen molar-refractivity contribution in [3.8, 4) is 0 Å². The number of nitro groups is 1. The largest absolute Gasteiger partial charge is 0.464 e. The summed E-state index contributed by atoms with van der Waals surface area (Å²) in [5.41, 5.74) is 1.10. The van der Waals surface area contributed by atoms with Gasteiger partial charge < -0.3 is 4.74 Å². The number of nitrogens with zero attached hydrogens (tertiary/aromatic N) is 3. The van der Waals surface area contributed by atoms with Crippen LogP contribution < -0.4 is 0 Å². The zero-order chi connectivity index (χ0) is 14.4. The first kappa shape index (κ1) is 14.7. The molecule has 1 unspecified atom stereocenters. The van der Waals surface area contributed by atoms with Gasteiger partial charge in [-0.3, -0.25) is 10.1 Å².